The van der Waals surface area contributed by atoms with Crippen LogP contribution in [-0.4, -0.2) is 43.8 Å². The van der Waals surface area contributed by atoms with Crippen molar-refractivity contribution in [2.75, 3.05) is 10.8 Å². The second-order valence-electron chi connectivity index (χ2n) is 9.66. The average Bonchev–Trinajstić information content (AvgIpc) is 2.93. The van der Waals surface area contributed by atoms with Crippen LogP contribution >= 0.6 is 23.2 Å². The fourth-order valence-electron chi connectivity index (χ4n) is 4.14. The highest BCUT2D eigenvalue weighted by Gasteiger charge is 2.34. The number of rotatable bonds is 12. The van der Waals surface area contributed by atoms with Crippen LogP contribution in [-0.2, 0) is 26.2 Å². The van der Waals surface area contributed by atoms with E-state index in [9.17, 15) is 18.0 Å². The van der Waals surface area contributed by atoms with Crippen molar-refractivity contribution in [3.63, 3.8) is 0 Å². The van der Waals surface area contributed by atoms with Crippen LogP contribution < -0.4 is 9.62 Å². The first kappa shape index (κ1) is 31.5. The number of anilines is 1. The largest absolute Gasteiger partial charge is 0.352 e. The van der Waals surface area contributed by atoms with Gasteiger partial charge in [-0.25, -0.2) is 8.42 Å². The lowest BCUT2D eigenvalue weighted by molar-refractivity contribution is -0.140. The Morgan fingerprint density at radius 2 is 1.52 bits per heavy atom. The van der Waals surface area contributed by atoms with Gasteiger partial charge in [-0.1, -0.05) is 72.9 Å². The molecule has 0 saturated carbocycles. The fourth-order valence-corrected chi connectivity index (χ4v) is 5.88. The molecule has 0 bridgehead atoms. The minimum absolute atomic E-state index is 0.00974. The minimum Gasteiger partial charge on any atom is -0.352 e. The Balaban J connectivity index is 2.06. The van der Waals surface area contributed by atoms with E-state index in [4.69, 9.17) is 23.2 Å². The Kier molecular flexibility index (Phi) is 11.0. The molecule has 10 heteroatoms. The van der Waals surface area contributed by atoms with E-state index in [1.54, 1.807) is 48.5 Å². The molecule has 0 aliphatic carbocycles. The van der Waals surface area contributed by atoms with Gasteiger partial charge in [0.1, 0.15) is 12.6 Å². The number of carbonyl (C=O) groups excluding carboxylic acids is 2. The topological polar surface area (TPSA) is 86.8 Å². The second-order valence-corrected chi connectivity index (χ2v) is 12.4. The predicted octanol–water partition coefficient (Wildman–Crippen LogP) is 6.22. The Labute approximate surface area is 247 Å². The molecule has 0 spiro atoms. The van der Waals surface area contributed by atoms with E-state index in [0.29, 0.717) is 27.7 Å². The Hall–Kier alpha value is -3.07. The highest BCUT2D eigenvalue weighted by molar-refractivity contribution is 7.92. The number of hydrogen-bond acceptors (Lipinski definition) is 4. The summed E-state index contributed by atoms with van der Waals surface area (Å²) in [5.41, 5.74) is 1.91. The standard InChI is InChI=1S/C30H35Cl2N3O4S/c1-5-22(4)33-30(37)28(6-2)34(19-23-9-7-8-10-27(23)32)29(36)20-35(25-15-11-21(3)12-16-25)40(38,39)26-17-13-24(31)14-18-26/h7-18,22,28H,5-6,19-20H2,1-4H3,(H,33,37)/t22-,28+/m0/s1. The summed E-state index contributed by atoms with van der Waals surface area (Å²) in [6.07, 6.45) is 1.05. The highest BCUT2D eigenvalue weighted by atomic mass is 35.5. The van der Waals surface area contributed by atoms with Gasteiger partial charge in [-0.05, 0) is 74.7 Å². The molecule has 214 valence electrons. The van der Waals surface area contributed by atoms with E-state index in [0.717, 1.165) is 16.3 Å². The molecular formula is C30H35Cl2N3O4S. The van der Waals surface area contributed by atoms with Gasteiger partial charge in [-0.2, -0.15) is 0 Å². The average molecular weight is 605 g/mol. The van der Waals surface area contributed by atoms with Gasteiger partial charge < -0.3 is 10.2 Å². The smallest absolute Gasteiger partial charge is 0.264 e. The summed E-state index contributed by atoms with van der Waals surface area (Å²) in [5.74, 6) is -0.844. The zero-order valence-corrected chi connectivity index (χ0v) is 25.4. The van der Waals surface area contributed by atoms with Crippen LogP contribution in [0.2, 0.25) is 10.0 Å². The van der Waals surface area contributed by atoms with Crippen molar-refractivity contribution < 1.29 is 18.0 Å². The van der Waals surface area contributed by atoms with Crippen LogP contribution in [0.15, 0.2) is 77.7 Å². The summed E-state index contributed by atoms with van der Waals surface area (Å²) >= 11 is 12.4. The molecule has 3 aromatic carbocycles. The van der Waals surface area contributed by atoms with E-state index in [1.807, 2.05) is 27.7 Å². The van der Waals surface area contributed by atoms with Crippen molar-refractivity contribution in [3.05, 3.63) is 94.0 Å². The van der Waals surface area contributed by atoms with Crippen LogP contribution in [0.4, 0.5) is 5.69 Å². The van der Waals surface area contributed by atoms with Crippen molar-refractivity contribution >= 4 is 50.7 Å². The minimum atomic E-state index is -4.17. The molecule has 2 atom stereocenters. The maximum atomic E-state index is 14.1. The SMILES string of the molecule is CC[C@H](C(=O)N[C@@H](C)CC)N(Cc1ccccc1Cl)C(=O)CN(c1ccc(C)cc1)S(=O)(=O)c1ccc(Cl)cc1. The monoisotopic (exact) mass is 603 g/mol. The van der Waals surface area contributed by atoms with Gasteiger partial charge in [0, 0.05) is 22.6 Å². The third-order valence-electron chi connectivity index (χ3n) is 6.69. The van der Waals surface area contributed by atoms with E-state index >= 15 is 0 Å². The van der Waals surface area contributed by atoms with Crippen LogP contribution in [0.1, 0.15) is 44.7 Å². The molecule has 0 unspecified atom stereocenters. The number of hydrogen-bond donors (Lipinski definition) is 1. The Morgan fingerprint density at radius 1 is 0.900 bits per heavy atom. The maximum Gasteiger partial charge on any atom is 0.264 e. The Morgan fingerprint density at radius 3 is 2.10 bits per heavy atom. The summed E-state index contributed by atoms with van der Waals surface area (Å²) < 4.78 is 28.8. The van der Waals surface area contributed by atoms with Gasteiger partial charge in [-0.15, -0.1) is 0 Å². The summed E-state index contributed by atoms with van der Waals surface area (Å²) in [7, 11) is -4.17. The summed E-state index contributed by atoms with van der Waals surface area (Å²) in [6.45, 7) is 7.07. The lowest BCUT2D eigenvalue weighted by atomic mass is 10.1. The molecule has 1 N–H and O–H groups in total. The highest BCUT2D eigenvalue weighted by Crippen LogP contribution is 2.27. The number of aryl methyl sites for hydroxylation is 1. The molecule has 0 saturated heterocycles. The molecule has 3 aromatic rings. The van der Waals surface area contributed by atoms with Crippen LogP contribution in [0.25, 0.3) is 0 Å². The molecule has 2 amide bonds. The van der Waals surface area contributed by atoms with E-state index < -0.39 is 28.5 Å². The normalized spacial score (nSPS) is 12.8. The van der Waals surface area contributed by atoms with Crippen molar-refractivity contribution in [2.45, 2.75) is 64.1 Å². The predicted molar refractivity (Wildman–Crippen MR) is 161 cm³/mol. The molecule has 0 aromatic heterocycles. The van der Waals surface area contributed by atoms with Crippen LogP contribution in [0, 0.1) is 6.92 Å². The van der Waals surface area contributed by atoms with Gasteiger partial charge in [0.15, 0.2) is 0 Å². The number of nitrogens with one attached hydrogen (secondary N) is 1. The number of amides is 2. The number of nitrogens with zero attached hydrogens (tertiary/aromatic N) is 2. The molecular weight excluding hydrogens is 569 g/mol. The molecule has 0 radical (unpaired) electrons. The first-order valence-electron chi connectivity index (χ1n) is 13.2. The third-order valence-corrected chi connectivity index (χ3v) is 9.10. The van der Waals surface area contributed by atoms with Crippen LogP contribution in [0.3, 0.4) is 0 Å². The maximum absolute atomic E-state index is 14.1. The van der Waals surface area contributed by atoms with Crippen LogP contribution in [0.5, 0.6) is 0 Å². The van der Waals surface area contributed by atoms with Gasteiger partial charge in [0.05, 0.1) is 10.6 Å². The first-order chi connectivity index (χ1) is 19.0. The molecule has 0 fully saturated rings. The first-order valence-corrected chi connectivity index (χ1v) is 15.4. The van der Waals surface area contributed by atoms with Gasteiger partial charge in [0.25, 0.3) is 10.0 Å². The second kappa shape index (κ2) is 14.0. The third kappa shape index (κ3) is 7.77. The van der Waals surface area contributed by atoms with Crippen molar-refractivity contribution in [2.24, 2.45) is 0 Å². The summed E-state index contributed by atoms with van der Waals surface area (Å²) in [6, 6.07) is 18.8. The van der Waals surface area contributed by atoms with E-state index in [1.165, 1.54) is 29.2 Å². The van der Waals surface area contributed by atoms with Crippen molar-refractivity contribution in [3.8, 4) is 0 Å². The van der Waals surface area contributed by atoms with Crippen molar-refractivity contribution in [1.29, 1.82) is 0 Å². The van der Waals surface area contributed by atoms with E-state index in [2.05, 4.69) is 5.32 Å². The molecule has 0 aliphatic heterocycles. The number of halogens is 2. The zero-order valence-electron chi connectivity index (χ0n) is 23.1. The van der Waals surface area contributed by atoms with Gasteiger partial charge in [-0.3, -0.25) is 13.9 Å². The van der Waals surface area contributed by atoms with E-state index in [-0.39, 0.29) is 23.4 Å². The molecule has 0 heterocycles. The van der Waals surface area contributed by atoms with Crippen molar-refractivity contribution in [1.82, 2.24) is 10.2 Å². The lowest BCUT2D eigenvalue weighted by Crippen LogP contribution is -2.53. The van der Waals surface area contributed by atoms with Gasteiger partial charge in [0.2, 0.25) is 11.8 Å². The molecule has 40 heavy (non-hydrogen) atoms. The van der Waals surface area contributed by atoms with Gasteiger partial charge >= 0.3 is 0 Å². The molecule has 0 aliphatic rings. The summed E-state index contributed by atoms with van der Waals surface area (Å²) in [4.78, 5) is 28.8. The number of sulfonamides is 1. The lowest BCUT2D eigenvalue weighted by Gasteiger charge is -2.34. The summed E-state index contributed by atoms with van der Waals surface area (Å²) in [5, 5.41) is 3.79. The zero-order chi connectivity index (χ0) is 29.4. The molecule has 3 rings (SSSR count). The number of benzene rings is 3. The quantitative estimate of drug-likeness (QED) is 0.266. The fraction of sp³-hybridized carbons (Fsp3) is 0.333. The molecule has 7 nitrogen and oxygen atoms in total. The number of carbonyl (C=O) groups is 2. The Bertz CT molecular complexity index is 1410.